The van der Waals surface area contributed by atoms with Crippen molar-refractivity contribution < 1.29 is 33.5 Å². The second-order valence-corrected chi connectivity index (χ2v) is 13.1. The molecule has 1 aliphatic rings. The molecule has 0 amide bonds. The number of methoxy groups -OCH3 is 2. The van der Waals surface area contributed by atoms with Crippen LogP contribution in [-0.4, -0.2) is 71.0 Å². The van der Waals surface area contributed by atoms with Gasteiger partial charge in [0, 0.05) is 12.3 Å². The van der Waals surface area contributed by atoms with E-state index in [1.807, 2.05) is 78.9 Å². The summed E-state index contributed by atoms with van der Waals surface area (Å²) in [6.45, 7) is -0.856. The third-order valence-corrected chi connectivity index (χ3v) is 8.01. The Hall–Kier alpha value is -3.39. The Bertz CT molecular complexity index is 1660. The van der Waals surface area contributed by atoms with Crippen molar-refractivity contribution in [1.29, 1.82) is 0 Å². The summed E-state index contributed by atoms with van der Waals surface area (Å²) in [6, 6.07) is 25.7. The predicted molar refractivity (Wildman–Crippen MR) is 175 cm³/mol. The number of aromatic amines is 1. The van der Waals surface area contributed by atoms with Crippen LogP contribution in [0.3, 0.4) is 0 Å². The standard InChI is InChI=1S/C33H33Cl3N2O9/c1-42-24-12-8-22(9-13-24)33(21-6-4-3-5-7-21,23-10-14-25(43-2)15-11-23)46-18-26-28(40)29(45-20-44-19-32(34,35)36)30(47-26)38-17-16-27(39)37-31(38)41/h3-17,26,28-30,40H,18-20H2,1-2H3,(H,37,39,41)/t26-,28-,29-,30-/m1/s1. The molecule has 3 aromatic carbocycles. The summed E-state index contributed by atoms with van der Waals surface area (Å²) < 4.78 is 34.5. The summed E-state index contributed by atoms with van der Waals surface area (Å²) >= 11 is 17.3. The highest BCUT2D eigenvalue weighted by Gasteiger charge is 2.48. The highest BCUT2D eigenvalue weighted by Crippen LogP contribution is 2.43. The maximum atomic E-state index is 12.8. The average molecular weight is 708 g/mol. The smallest absolute Gasteiger partial charge is 0.330 e. The van der Waals surface area contributed by atoms with Gasteiger partial charge in [-0.3, -0.25) is 14.3 Å². The SMILES string of the molecule is COc1ccc(C(OC[C@H]2O[C@@H](n3ccc(=O)[nH]c3=O)[C@H](OCOCC(Cl)(Cl)Cl)[C@@H]2O)(c2ccccc2)c2ccc(OC)cc2)cc1. The maximum absolute atomic E-state index is 12.8. The second kappa shape index (κ2) is 15.2. The van der Waals surface area contributed by atoms with Crippen LogP contribution in [0, 0.1) is 0 Å². The van der Waals surface area contributed by atoms with Crippen LogP contribution < -0.4 is 20.7 Å². The third kappa shape index (κ3) is 8.02. The number of nitrogens with one attached hydrogen (secondary N) is 1. The molecule has 4 aromatic rings. The molecule has 1 saturated heterocycles. The zero-order valence-electron chi connectivity index (χ0n) is 25.4. The lowest BCUT2D eigenvalue weighted by atomic mass is 9.80. The van der Waals surface area contributed by atoms with E-state index in [1.165, 1.54) is 6.20 Å². The van der Waals surface area contributed by atoms with Crippen LogP contribution in [0.1, 0.15) is 22.9 Å². The Morgan fingerprint density at radius 3 is 1.96 bits per heavy atom. The van der Waals surface area contributed by atoms with Crippen molar-refractivity contribution in [1.82, 2.24) is 9.55 Å². The Labute approximate surface area is 285 Å². The number of alkyl halides is 3. The van der Waals surface area contributed by atoms with Gasteiger partial charge in [0.15, 0.2) is 6.23 Å². The number of hydrogen-bond donors (Lipinski definition) is 2. The molecule has 0 bridgehead atoms. The average Bonchev–Trinajstić information content (AvgIpc) is 3.38. The monoisotopic (exact) mass is 706 g/mol. The number of aliphatic hydroxyl groups excluding tert-OH is 1. The lowest BCUT2D eigenvalue weighted by Gasteiger charge is -2.37. The van der Waals surface area contributed by atoms with Gasteiger partial charge in [0.2, 0.25) is 3.79 Å². The molecule has 0 unspecified atom stereocenters. The zero-order chi connectivity index (χ0) is 33.6. The van der Waals surface area contributed by atoms with Crippen LogP contribution in [0.15, 0.2) is 101 Å². The molecule has 11 nitrogen and oxygen atoms in total. The highest BCUT2D eigenvalue weighted by molar-refractivity contribution is 6.67. The van der Waals surface area contributed by atoms with E-state index in [0.717, 1.165) is 27.3 Å². The largest absolute Gasteiger partial charge is 0.497 e. The van der Waals surface area contributed by atoms with Crippen LogP contribution >= 0.6 is 34.8 Å². The third-order valence-electron chi connectivity index (χ3n) is 7.69. The van der Waals surface area contributed by atoms with Crippen LogP contribution in [0.4, 0.5) is 0 Å². The first-order chi connectivity index (χ1) is 22.6. The first kappa shape index (κ1) is 34.9. The number of benzene rings is 3. The molecule has 0 radical (unpaired) electrons. The fourth-order valence-corrected chi connectivity index (χ4v) is 5.68. The van der Waals surface area contributed by atoms with Crippen LogP contribution in [-0.2, 0) is 24.5 Å². The Kier molecular flexibility index (Phi) is 11.3. The molecular formula is C33H33Cl3N2O9. The molecule has 1 fully saturated rings. The van der Waals surface area contributed by atoms with E-state index in [4.69, 9.17) is 63.2 Å². The molecule has 1 aromatic heterocycles. The summed E-state index contributed by atoms with van der Waals surface area (Å²) in [7, 11) is 3.17. The lowest BCUT2D eigenvalue weighted by molar-refractivity contribution is -0.139. The summed E-state index contributed by atoms with van der Waals surface area (Å²) in [5.41, 5.74) is -0.238. The van der Waals surface area contributed by atoms with E-state index in [9.17, 15) is 14.7 Å². The van der Waals surface area contributed by atoms with Gasteiger partial charge in [0.25, 0.3) is 5.56 Å². The normalized spacial score (nSPS) is 19.9. The van der Waals surface area contributed by atoms with Crippen molar-refractivity contribution in [2.24, 2.45) is 0 Å². The molecule has 250 valence electrons. The van der Waals surface area contributed by atoms with E-state index >= 15 is 0 Å². The number of hydrogen-bond acceptors (Lipinski definition) is 9. The van der Waals surface area contributed by atoms with Crippen LogP contribution in [0.2, 0.25) is 0 Å². The van der Waals surface area contributed by atoms with E-state index in [1.54, 1.807) is 14.2 Å². The number of ether oxygens (including phenoxy) is 6. The Morgan fingerprint density at radius 1 is 0.851 bits per heavy atom. The first-order valence-electron chi connectivity index (χ1n) is 14.5. The van der Waals surface area contributed by atoms with Gasteiger partial charge in [-0.25, -0.2) is 4.79 Å². The topological polar surface area (TPSA) is 130 Å². The minimum atomic E-state index is -1.69. The van der Waals surface area contributed by atoms with E-state index < -0.39 is 52.0 Å². The van der Waals surface area contributed by atoms with Gasteiger partial charge in [-0.1, -0.05) is 89.4 Å². The van der Waals surface area contributed by atoms with E-state index in [2.05, 4.69) is 4.98 Å². The number of rotatable bonds is 13. The summed E-state index contributed by atoms with van der Waals surface area (Å²) in [4.78, 5) is 26.8. The minimum absolute atomic E-state index is 0.169. The molecule has 0 spiro atoms. The minimum Gasteiger partial charge on any atom is -0.497 e. The molecular weight excluding hydrogens is 675 g/mol. The van der Waals surface area contributed by atoms with Gasteiger partial charge >= 0.3 is 5.69 Å². The quantitative estimate of drug-likeness (QED) is 0.0890. The van der Waals surface area contributed by atoms with Gasteiger partial charge < -0.3 is 33.5 Å². The number of halogens is 3. The van der Waals surface area contributed by atoms with Crippen molar-refractivity contribution in [3.63, 3.8) is 0 Å². The molecule has 0 saturated carbocycles. The number of aliphatic hydroxyl groups is 1. The van der Waals surface area contributed by atoms with Gasteiger partial charge in [0.1, 0.15) is 42.2 Å². The highest BCUT2D eigenvalue weighted by atomic mass is 35.6. The van der Waals surface area contributed by atoms with Crippen molar-refractivity contribution in [2.75, 3.05) is 34.2 Å². The summed E-state index contributed by atoms with van der Waals surface area (Å²) in [5, 5.41) is 11.5. The van der Waals surface area contributed by atoms with E-state index in [-0.39, 0.29) is 13.2 Å². The number of H-pyrrole nitrogens is 1. The lowest BCUT2D eigenvalue weighted by Crippen LogP contribution is -2.41. The number of aromatic nitrogens is 2. The molecule has 4 atom stereocenters. The fraction of sp³-hybridized carbons (Fsp3) is 0.333. The van der Waals surface area contributed by atoms with Gasteiger partial charge in [-0.15, -0.1) is 0 Å². The van der Waals surface area contributed by atoms with Gasteiger partial charge in [0.05, 0.1) is 27.4 Å². The molecule has 0 aliphatic carbocycles. The molecule has 2 heterocycles. The fourth-order valence-electron chi connectivity index (χ4n) is 5.45. The van der Waals surface area contributed by atoms with Gasteiger partial charge in [-0.2, -0.15) is 0 Å². The maximum Gasteiger partial charge on any atom is 0.330 e. The second-order valence-electron chi connectivity index (χ2n) is 10.6. The van der Waals surface area contributed by atoms with Crippen molar-refractivity contribution in [3.05, 3.63) is 129 Å². The molecule has 2 N–H and O–H groups in total. The van der Waals surface area contributed by atoms with Crippen molar-refractivity contribution in [2.45, 2.75) is 33.9 Å². The zero-order valence-corrected chi connectivity index (χ0v) is 27.7. The van der Waals surface area contributed by atoms with Gasteiger partial charge in [-0.05, 0) is 41.0 Å². The van der Waals surface area contributed by atoms with E-state index in [0.29, 0.717) is 11.5 Å². The Balaban J connectivity index is 1.52. The molecule has 47 heavy (non-hydrogen) atoms. The van der Waals surface area contributed by atoms with Crippen molar-refractivity contribution in [3.8, 4) is 11.5 Å². The molecule has 1 aliphatic heterocycles. The van der Waals surface area contributed by atoms with Crippen molar-refractivity contribution >= 4 is 34.8 Å². The summed E-state index contributed by atoms with van der Waals surface area (Å²) in [6.07, 6.45) is -3.40. The number of nitrogens with zero attached hydrogens (tertiary/aromatic N) is 1. The summed E-state index contributed by atoms with van der Waals surface area (Å²) in [5.74, 6) is 1.32. The van der Waals surface area contributed by atoms with Crippen LogP contribution in [0.5, 0.6) is 11.5 Å². The molecule has 14 heteroatoms. The van der Waals surface area contributed by atoms with Crippen LogP contribution in [0.25, 0.3) is 0 Å². The Morgan fingerprint density at radius 2 is 1.43 bits per heavy atom. The molecule has 5 rings (SSSR count). The predicted octanol–water partition coefficient (Wildman–Crippen LogP) is 4.55. The first-order valence-corrected chi connectivity index (χ1v) is 15.6.